The van der Waals surface area contributed by atoms with Crippen molar-refractivity contribution in [3.63, 3.8) is 0 Å². The highest BCUT2D eigenvalue weighted by molar-refractivity contribution is 6.34. The van der Waals surface area contributed by atoms with Crippen LogP contribution in [0.15, 0.2) is 42.5 Å². The van der Waals surface area contributed by atoms with E-state index in [1.54, 1.807) is 30.3 Å². The summed E-state index contributed by atoms with van der Waals surface area (Å²) in [4.78, 5) is 39.8. The van der Waals surface area contributed by atoms with Crippen molar-refractivity contribution in [2.24, 2.45) is 5.92 Å². The van der Waals surface area contributed by atoms with E-state index in [0.29, 0.717) is 27.8 Å². The molecular weight excluding hydrogens is 476 g/mol. The van der Waals surface area contributed by atoms with E-state index in [2.05, 4.69) is 22.9 Å². The van der Waals surface area contributed by atoms with Crippen LogP contribution in [0.2, 0.25) is 5.02 Å². The number of carbonyl (C=O) groups excluding carboxylic acids is 3. The average Bonchev–Trinajstić information content (AvgIpc) is 2.89. The molecule has 2 fully saturated rings. The van der Waals surface area contributed by atoms with Crippen LogP contribution in [0.3, 0.4) is 0 Å². The first kappa shape index (κ1) is 26.0. The number of hydrogen-bond acceptors (Lipinski definition) is 4. The van der Waals surface area contributed by atoms with Crippen LogP contribution in [0.25, 0.3) is 0 Å². The molecule has 192 valence electrons. The van der Waals surface area contributed by atoms with Gasteiger partial charge in [-0.1, -0.05) is 37.8 Å². The van der Waals surface area contributed by atoms with E-state index in [1.807, 2.05) is 17.0 Å². The molecule has 2 aliphatic rings. The lowest BCUT2D eigenvalue weighted by molar-refractivity contribution is -0.114. The maximum absolute atomic E-state index is 12.7. The first-order valence-electron chi connectivity index (χ1n) is 12.9. The first-order chi connectivity index (χ1) is 17.4. The number of hydrogen-bond donors (Lipinski definition) is 3. The molecule has 3 N–H and O–H groups in total. The Kier molecular flexibility index (Phi) is 8.86. The van der Waals surface area contributed by atoms with Gasteiger partial charge in [0, 0.05) is 36.1 Å². The Morgan fingerprint density at radius 2 is 1.58 bits per heavy atom. The zero-order valence-corrected chi connectivity index (χ0v) is 21.6. The Morgan fingerprint density at radius 1 is 0.917 bits per heavy atom. The second-order valence-electron chi connectivity index (χ2n) is 9.96. The van der Waals surface area contributed by atoms with Crippen molar-refractivity contribution < 1.29 is 14.4 Å². The van der Waals surface area contributed by atoms with Gasteiger partial charge in [0.05, 0.1) is 17.1 Å². The molecular formula is C28H35ClN4O3. The quantitative estimate of drug-likeness (QED) is 0.470. The molecule has 1 heterocycles. The summed E-state index contributed by atoms with van der Waals surface area (Å²) in [5.74, 6) is 0.260. The molecule has 0 atom stereocenters. The fourth-order valence-corrected chi connectivity index (χ4v) is 5.00. The smallest absolute Gasteiger partial charge is 0.253 e. The van der Waals surface area contributed by atoms with Crippen LogP contribution in [-0.2, 0) is 4.79 Å². The van der Waals surface area contributed by atoms with Crippen LogP contribution in [0.4, 0.5) is 11.4 Å². The SMILES string of the molecule is CC1CCN(C(=O)c2ccc(NCC(=O)Nc3ccc(Cl)c(C(=O)NC4CCCCC4)c3)cc2)CC1. The molecule has 7 nitrogen and oxygen atoms in total. The third-order valence-corrected chi connectivity index (χ3v) is 7.42. The molecule has 3 amide bonds. The molecule has 0 aromatic heterocycles. The molecule has 2 aromatic rings. The normalized spacial score (nSPS) is 16.9. The van der Waals surface area contributed by atoms with Gasteiger partial charge in [-0.15, -0.1) is 0 Å². The van der Waals surface area contributed by atoms with Crippen LogP contribution < -0.4 is 16.0 Å². The molecule has 1 saturated carbocycles. The summed E-state index contributed by atoms with van der Waals surface area (Å²) in [5.41, 5.74) is 2.27. The van der Waals surface area contributed by atoms with E-state index >= 15 is 0 Å². The maximum atomic E-state index is 12.7. The Morgan fingerprint density at radius 3 is 2.28 bits per heavy atom. The highest BCUT2D eigenvalue weighted by Crippen LogP contribution is 2.23. The molecule has 2 aromatic carbocycles. The second kappa shape index (κ2) is 12.3. The van der Waals surface area contributed by atoms with Crippen LogP contribution in [-0.4, -0.2) is 48.3 Å². The first-order valence-corrected chi connectivity index (χ1v) is 13.3. The summed E-state index contributed by atoms with van der Waals surface area (Å²) >= 11 is 6.26. The number of rotatable bonds is 7. The number of carbonyl (C=O) groups is 3. The van der Waals surface area contributed by atoms with Gasteiger partial charge in [-0.2, -0.15) is 0 Å². The van der Waals surface area contributed by atoms with Crippen LogP contribution >= 0.6 is 11.6 Å². The van der Waals surface area contributed by atoms with Gasteiger partial charge in [0.25, 0.3) is 11.8 Å². The standard InChI is InChI=1S/C28H35ClN4O3/c1-19-13-15-33(16-14-19)28(36)20-7-9-21(10-8-20)30-18-26(34)31-23-11-12-25(29)24(17-23)27(35)32-22-5-3-2-4-6-22/h7-12,17,19,22,30H,2-6,13-16,18H2,1H3,(H,31,34)(H,32,35). The number of amides is 3. The number of likely N-dealkylation sites (tertiary alicyclic amines) is 1. The molecule has 4 rings (SSSR count). The molecule has 8 heteroatoms. The van der Waals surface area contributed by atoms with Gasteiger partial charge in [0.1, 0.15) is 0 Å². The van der Waals surface area contributed by atoms with Crippen molar-refractivity contribution in [1.29, 1.82) is 0 Å². The summed E-state index contributed by atoms with van der Waals surface area (Å²) in [5, 5.41) is 9.31. The van der Waals surface area contributed by atoms with Gasteiger partial charge in [-0.05, 0) is 74.1 Å². The summed E-state index contributed by atoms with van der Waals surface area (Å²) in [6, 6.07) is 12.3. The third kappa shape index (κ3) is 7.00. The molecule has 36 heavy (non-hydrogen) atoms. The summed E-state index contributed by atoms with van der Waals surface area (Å²) in [7, 11) is 0. The monoisotopic (exact) mass is 510 g/mol. The zero-order chi connectivity index (χ0) is 25.5. The van der Waals surface area contributed by atoms with Crippen molar-refractivity contribution in [3.8, 4) is 0 Å². The van der Waals surface area contributed by atoms with E-state index in [4.69, 9.17) is 11.6 Å². The number of anilines is 2. The van der Waals surface area contributed by atoms with Gasteiger partial charge in [0.2, 0.25) is 5.91 Å². The highest BCUT2D eigenvalue weighted by Gasteiger charge is 2.21. The van der Waals surface area contributed by atoms with Gasteiger partial charge >= 0.3 is 0 Å². The van der Waals surface area contributed by atoms with Gasteiger partial charge < -0.3 is 20.9 Å². The van der Waals surface area contributed by atoms with Gasteiger partial charge in [-0.3, -0.25) is 14.4 Å². The fraction of sp³-hybridized carbons (Fsp3) is 0.464. The predicted octanol–water partition coefficient (Wildman–Crippen LogP) is 5.33. The van der Waals surface area contributed by atoms with Crippen molar-refractivity contribution in [2.75, 3.05) is 30.3 Å². The lowest BCUT2D eigenvalue weighted by Gasteiger charge is -2.30. The minimum absolute atomic E-state index is 0.0452. The average molecular weight is 511 g/mol. The van der Waals surface area contributed by atoms with Crippen molar-refractivity contribution in [1.82, 2.24) is 10.2 Å². The number of halogens is 1. The van der Waals surface area contributed by atoms with E-state index in [0.717, 1.165) is 57.3 Å². The number of nitrogens with zero attached hydrogens (tertiary/aromatic N) is 1. The van der Waals surface area contributed by atoms with E-state index < -0.39 is 0 Å². The van der Waals surface area contributed by atoms with E-state index in [9.17, 15) is 14.4 Å². The molecule has 1 saturated heterocycles. The summed E-state index contributed by atoms with van der Waals surface area (Å²) in [6.07, 6.45) is 7.51. The topological polar surface area (TPSA) is 90.5 Å². The number of benzene rings is 2. The molecule has 0 radical (unpaired) electrons. The zero-order valence-electron chi connectivity index (χ0n) is 20.8. The number of piperidine rings is 1. The predicted molar refractivity (Wildman–Crippen MR) is 144 cm³/mol. The number of nitrogens with one attached hydrogen (secondary N) is 3. The molecule has 0 bridgehead atoms. The fourth-order valence-electron chi connectivity index (χ4n) is 4.80. The van der Waals surface area contributed by atoms with Crippen LogP contribution in [0.5, 0.6) is 0 Å². The third-order valence-electron chi connectivity index (χ3n) is 7.09. The van der Waals surface area contributed by atoms with Crippen molar-refractivity contribution in [2.45, 2.75) is 57.9 Å². The van der Waals surface area contributed by atoms with Crippen LogP contribution in [0.1, 0.15) is 72.6 Å². The Hall–Kier alpha value is -3.06. The Bertz CT molecular complexity index is 1070. The molecule has 0 unspecified atom stereocenters. The Balaban J connectivity index is 1.27. The highest BCUT2D eigenvalue weighted by atomic mass is 35.5. The lowest BCUT2D eigenvalue weighted by atomic mass is 9.95. The minimum Gasteiger partial charge on any atom is -0.376 e. The lowest BCUT2D eigenvalue weighted by Crippen LogP contribution is -2.37. The van der Waals surface area contributed by atoms with Crippen molar-refractivity contribution >= 4 is 40.7 Å². The maximum Gasteiger partial charge on any atom is 0.253 e. The minimum atomic E-state index is -0.251. The van der Waals surface area contributed by atoms with Crippen molar-refractivity contribution in [3.05, 3.63) is 58.6 Å². The van der Waals surface area contributed by atoms with Gasteiger partial charge in [-0.25, -0.2) is 0 Å². The van der Waals surface area contributed by atoms with Crippen LogP contribution in [0, 0.1) is 5.92 Å². The summed E-state index contributed by atoms with van der Waals surface area (Å²) in [6.45, 7) is 3.87. The molecule has 1 aliphatic carbocycles. The van der Waals surface area contributed by atoms with E-state index in [-0.39, 0.29) is 30.3 Å². The summed E-state index contributed by atoms with van der Waals surface area (Å²) < 4.78 is 0. The molecule has 0 spiro atoms. The van der Waals surface area contributed by atoms with E-state index in [1.165, 1.54) is 6.42 Å². The molecule has 1 aliphatic heterocycles. The largest absolute Gasteiger partial charge is 0.376 e. The van der Waals surface area contributed by atoms with Gasteiger partial charge in [0.15, 0.2) is 0 Å². The second-order valence-corrected chi connectivity index (χ2v) is 10.4. The Labute approximate surface area is 218 Å².